The molecular weight excluding hydrogens is 364 g/mol. The number of hydrogen-bond donors (Lipinski definition) is 1. The molecule has 1 aliphatic heterocycles. The van der Waals surface area contributed by atoms with Crippen LogP contribution in [0.2, 0.25) is 5.02 Å². The van der Waals surface area contributed by atoms with Crippen LogP contribution in [0.4, 0.5) is 0 Å². The first-order chi connectivity index (χ1) is 11.9. The van der Waals surface area contributed by atoms with E-state index in [1.54, 1.807) is 35.2 Å². The number of sulfonamides is 1. The van der Waals surface area contributed by atoms with E-state index in [1.807, 2.05) is 6.92 Å². The molecule has 0 spiro atoms. The van der Waals surface area contributed by atoms with Crippen molar-refractivity contribution in [2.45, 2.75) is 12.7 Å². The molecule has 9 heteroatoms. The van der Waals surface area contributed by atoms with Gasteiger partial charge in [-0.2, -0.15) is 9.40 Å². The summed E-state index contributed by atoms with van der Waals surface area (Å²) in [6.07, 6.45) is 0. The summed E-state index contributed by atoms with van der Waals surface area (Å²) < 4.78 is 26.6. The highest BCUT2D eigenvalue weighted by molar-refractivity contribution is 7.88. The number of amides is 1. The zero-order valence-corrected chi connectivity index (χ0v) is 15.3. The fourth-order valence-corrected chi connectivity index (χ4v) is 4.59. The van der Waals surface area contributed by atoms with Gasteiger partial charge in [-0.25, -0.2) is 8.42 Å². The number of aryl methyl sites for hydroxylation is 1. The number of rotatable bonds is 4. The Morgan fingerprint density at radius 1 is 1.24 bits per heavy atom. The Morgan fingerprint density at radius 2 is 1.92 bits per heavy atom. The zero-order valence-electron chi connectivity index (χ0n) is 13.8. The van der Waals surface area contributed by atoms with Gasteiger partial charge in [0.05, 0.1) is 5.75 Å². The van der Waals surface area contributed by atoms with Gasteiger partial charge >= 0.3 is 0 Å². The number of piperazine rings is 1. The largest absolute Gasteiger partial charge is 0.335 e. The molecular formula is C16H19ClN4O3S. The molecule has 1 aromatic carbocycles. The first-order valence-corrected chi connectivity index (χ1v) is 9.88. The number of aromatic amines is 1. The van der Waals surface area contributed by atoms with Gasteiger partial charge in [-0.05, 0) is 24.6 Å². The second-order valence-electron chi connectivity index (χ2n) is 5.98. The quantitative estimate of drug-likeness (QED) is 0.871. The number of hydrogen-bond acceptors (Lipinski definition) is 4. The lowest BCUT2D eigenvalue weighted by atomic mass is 10.2. The summed E-state index contributed by atoms with van der Waals surface area (Å²) in [6, 6.07) is 8.59. The normalized spacial score (nSPS) is 16.2. The molecule has 134 valence electrons. The third-order valence-electron chi connectivity index (χ3n) is 4.14. The van der Waals surface area contributed by atoms with Crippen LogP contribution >= 0.6 is 11.6 Å². The molecule has 0 saturated carbocycles. The molecule has 1 aliphatic rings. The molecule has 2 heterocycles. The number of halogens is 1. The fourth-order valence-electron chi connectivity index (χ4n) is 2.76. The van der Waals surface area contributed by atoms with E-state index in [9.17, 15) is 13.2 Å². The zero-order chi connectivity index (χ0) is 18.0. The predicted molar refractivity (Wildman–Crippen MR) is 94.9 cm³/mol. The van der Waals surface area contributed by atoms with Gasteiger partial charge in [-0.3, -0.25) is 9.89 Å². The topological polar surface area (TPSA) is 86.4 Å². The van der Waals surface area contributed by atoms with E-state index in [0.717, 1.165) is 5.69 Å². The van der Waals surface area contributed by atoms with Gasteiger partial charge in [0.2, 0.25) is 10.0 Å². The van der Waals surface area contributed by atoms with Crippen LogP contribution in [-0.2, 0) is 15.8 Å². The number of carbonyl (C=O) groups is 1. The molecule has 1 fully saturated rings. The third-order valence-corrected chi connectivity index (χ3v) is 6.34. The lowest BCUT2D eigenvalue weighted by Gasteiger charge is -2.33. The van der Waals surface area contributed by atoms with Crippen molar-refractivity contribution in [3.8, 4) is 0 Å². The van der Waals surface area contributed by atoms with E-state index >= 15 is 0 Å². The van der Waals surface area contributed by atoms with Crippen LogP contribution in [0.15, 0.2) is 30.3 Å². The van der Waals surface area contributed by atoms with E-state index in [0.29, 0.717) is 29.4 Å². The van der Waals surface area contributed by atoms with Crippen molar-refractivity contribution < 1.29 is 13.2 Å². The van der Waals surface area contributed by atoms with Crippen LogP contribution in [0.1, 0.15) is 21.7 Å². The molecule has 1 aromatic heterocycles. The summed E-state index contributed by atoms with van der Waals surface area (Å²) in [5, 5.41) is 7.14. The van der Waals surface area contributed by atoms with E-state index in [1.165, 1.54) is 4.31 Å². The fraction of sp³-hybridized carbons (Fsp3) is 0.375. The lowest BCUT2D eigenvalue weighted by Crippen LogP contribution is -2.50. The number of benzene rings is 1. The molecule has 0 bridgehead atoms. The molecule has 0 aliphatic carbocycles. The van der Waals surface area contributed by atoms with E-state index < -0.39 is 10.0 Å². The molecule has 25 heavy (non-hydrogen) atoms. The monoisotopic (exact) mass is 382 g/mol. The average molecular weight is 383 g/mol. The smallest absolute Gasteiger partial charge is 0.274 e. The second-order valence-corrected chi connectivity index (χ2v) is 8.35. The van der Waals surface area contributed by atoms with Crippen LogP contribution in [-0.4, -0.2) is 59.9 Å². The molecule has 1 N–H and O–H groups in total. The number of H-pyrrole nitrogens is 1. The SMILES string of the molecule is Cc1cc(C(=O)N2CCN(S(=O)(=O)Cc3ccccc3Cl)CC2)n[nH]1. The maximum atomic E-state index is 12.6. The molecule has 1 saturated heterocycles. The lowest BCUT2D eigenvalue weighted by molar-refractivity contribution is 0.0692. The van der Waals surface area contributed by atoms with Crippen LogP contribution in [0.5, 0.6) is 0 Å². The molecule has 7 nitrogen and oxygen atoms in total. The maximum absolute atomic E-state index is 12.6. The van der Waals surface area contributed by atoms with Crippen molar-refractivity contribution >= 4 is 27.5 Å². The summed E-state index contributed by atoms with van der Waals surface area (Å²) >= 11 is 6.06. The Labute approximate surface area is 151 Å². The van der Waals surface area contributed by atoms with Crippen LogP contribution in [0.3, 0.4) is 0 Å². The minimum atomic E-state index is -3.48. The number of carbonyl (C=O) groups excluding carboxylic acids is 1. The summed E-state index contributed by atoms with van der Waals surface area (Å²) in [6.45, 7) is 3.03. The minimum Gasteiger partial charge on any atom is -0.335 e. The number of nitrogens with zero attached hydrogens (tertiary/aromatic N) is 3. The van der Waals surface area contributed by atoms with Crippen LogP contribution < -0.4 is 0 Å². The van der Waals surface area contributed by atoms with E-state index in [4.69, 9.17) is 11.6 Å². The van der Waals surface area contributed by atoms with Crippen molar-refractivity contribution in [3.05, 3.63) is 52.3 Å². The first kappa shape index (κ1) is 17.9. The standard InChI is InChI=1S/C16H19ClN4O3S/c1-12-10-15(19-18-12)16(22)20-6-8-21(9-7-20)25(23,24)11-13-4-2-3-5-14(13)17/h2-5,10H,6-9,11H2,1H3,(H,18,19). The van der Waals surface area contributed by atoms with Crippen molar-refractivity contribution in [2.75, 3.05) is 26.2 Å². The third kappa shape index (κ3) is 4.02. The number of aromatic nitrogens is 2. The van der Waals surface area contributed by atoms with Gasteiger partial charge in [0.25, 0.3) is 5.91 Å². The maximum Gasteiger partial charge on any atom is 0.274 e. The van der Waals surface area contributed by atoms with Crippen molar-refractivity contribution in [2.24, 2.45) is 0 Å². The molecule has 3 rings (SSSR count). The summed E-state index contributed by atoms with van der Waals surface area (Å²) in [5.74, 6) is -0.327. The highest BCUT2D eigenvalue weighted by Crippen LogP contribution is 2.20. The van der Waals surface area contributed by atoms with Crippen molar-refractivity contribution in [1.82, 2.24) is 19.4 Å². The Kier molecular flexibility index (Phi) is 5.12. The first-order valence-electron chi connectivity index (χ1n) is 7.89. The Hall–Kier alpha value is -1.90. The van der Waals surface area contributed by atoms with Crippen molar-refractivity contribution in [1.29, 1.82) is 0 Å². The Morgan fingerprint density at radius 3 is 2.52 bits per heavy atom. The molecule has 0 unspecified atom stereocenters. The Balaban J connectivity index is 1.63. The minimum absolute atomic E-state index is 0.140. The van der Waals surface area contributed by atoms with Crippen LogP contribution in [0, 0.1) is 6.92 Å². The van der Waals surface area contributed by atoms with E-state index in [2.05, 4.69) is 10.2 Å². The molecule has 2 aromatic rings. The predicted octanol–water partition coefficient (Wildman–Crippen LogP) is 1.66. The summed E-state index contributed by atoms with van der Waals surface area (Å²) in [5.41, 5.74) is 1.74. The summed E-state index contributed by atoms with van der Waals surface area (Å²) in [4.78, 5) is 14.0. The van der Waals surface area contributed by atoms with Crippen LogP contribution in [0.25, 0.3) is 0 Å². The number of nitrogens with one attached hydrogen (secondary N) is 1. The van der Waals surface area contributed by atoms with Gasteiger partial charge in [0.15, 0.2) is 0 Å². The highest BCUT2D eigenvalue weighted by atomic mass is 35.5. The Bertz CT molecular complexity index is 873. The van der Waals surface area contributed by atoms with Gasteiger partial charge in [0.1, 0.15) is 5.69 Å². The van der Waals surface area contributed by atoms with Gasteiger partial charge in [-0.15, -0.1) is 0 Å². The van der Waals surface area contributed by atoms with E-state index in [-0.39, 0.29) is 24.7 Å². The second kappa shape index (κ2) is 7.15. The molecule has 0 atom stereocenters. The molecule has 1 amide bonds. The van der Waals surface area contributed by atoms with Crippen molar-refractivity contribution in [3.63, 3.8) is 0 Å². The summed E-state index contributed by atoms with van der Waals surface area (Å²) in [7, 11) is -3.48. The van der Waals surface area contributed by atoms with Gasteiger partial charge in [-0.1, -0.05) is 29.8 Å². The van der Waals surface area contributed by atoms with Gasteiger partial charge in [0, 0.05) is 36.9 Å². The average Bonchev–Trinajstić information content (AvgIpc) is 3.03. The van der Waals surface area contributed by atoms with Gasteiger partial charge < -0.3 is 4.90 Å². The molecule has 0 radical (unpaired) electrons. The highest BCUT2D eigenvalue weighted by Gasteiger charge is 2.30.